The van der Waals surface area contributed by atoms with Crippen LogP contribution in [0.25, 0.3) is 0 Å². The minimum absolute atomic E-state index is 0.0726. The Morgan fingerprint density at radius 1 is 1.17 bits per heavy atom. The molecule has 1 saturated heterocycles. The molecule has 2 aliphatic heterocycles. The Labute approximate surface area is 207 Å². The fraction of sp³-hybridized carbons (Fsp3) is 0.222. The number of anilines is 1. The highest BCUT2D eigenvalue weighted by Crippen LogP contribution is 2.31. The van der Waals surface area contributed by atoms with Crippen LogP contribution in [0.15, 0.2) is 66.9 Å². The second kappa shape index (κ2) is 9.70. The molecule has 2 N–H and O–H groups in total. The van der Waals surface area contributed by atoms with Crippen LogP contribution in [-0.2, 0) is 9.53 Å². The fourth-order valence-corrected chi connectivity index (χ4v) is 3.70. The van der Waals surface area contributed by atoms with Crippen molar-refractivity contribution in [3.63, 3.8) is 0 Å². The molecule has 0 radical (unpaired) electrons. The van der Waals surface area contributed by atoms with E-state index in [1.54, 1.807) is 43.4 Å². The molecule has 5 rings (SSSR count). The molecule has 0 aliphatic carbocycles. The molecule has 0 spiro atoms. The van der Waals surface area contributed by atoms with Gasteiger partial charge in [-0.3, -0.25) is 14.6 Å². The van der Waals surface area contributed by atoms with Crippen molar-refractivity contribution in [3.8, 4) is 29.1 Å². The smallest absolute Gasteiger partial charge is 0.270 e. The molecule has 182 valence electrons. The highest BCUT2D eigenvalue weighted by molar-refractivity contribution is 6.03. The lowest BCUT2D eigenvalue weighted by atomic mass is 10.0. The number of pyridine rings is 1. The second-order valence-electron chi connectivity index (χ2n) is 8.48. The second-order valence-corrected chi connectivity index (χ2v) is 8.48. The maximum atomic E-state index is 13.1. The van der Waals surface area contributed by atoms with Gasteiger partial charge < -0.3 is 29.5 Å². The summed E-state index contributed by atoms with van der Waals surface area (Å²) in [5.41, 5.74) is 0.144. The zero-order valence-electron chi connectivity index (χ0n) is 19.4. The van der Waals surface area contributed by atoms with Crippen LogP contribution in [-0.4, -0.2) is 60.4 Å². The summed E-state index contributed by atoms with van der Waals surface area (Å²) in [6, 6.07) is 16.5. The Morgan fingerprint density at radius 3 is 2.72 bits per heavy atom. The maximum absolute atomic E-state index is 13.1. The van der Waals surface area contributed by atoms with Gasteiger partial charge in [0.25, 0.3) is 11.8 Å². The lowest BCUT2D eigenvalue weighted by Crippen LogP contribution is -2.49. The number of fused-ring (bicyclic) bond motifs is 1. The number of nitrogens with one attached hydrogen (secondary N) is 1. The number of rotatable bonds is 4. The van der Waals surface area contributed by atoms with E-state index in [1.165, 1.54) is 17.2 Å². The number of para-hydroxylation sites is 1. The Bertz CT molecular complexity index is 1360. The third-order valence-electron chi connectivity index (χ3n) is 5.72. The number of likely N-dealkylation sites (N-methyl/N-ethyl adjacent to an activating group) is 1. The number of aliphatic hydroxyl groups is 1. The highest BCUT2D eigenvalue weighted by Gasteiger charge is 2.34. The molecule has 2 amide bonds. The molecule has 2 aromatic carbocycles. The van der Waals surface area contributed by atoms with Gasteiger partial charge in [0.15, 0.2) is 5.60 Å². The van der Waals surface area contributed by atoms with Gasteiger partial charge in [0, 0.05) is 24.9 Å². The molecule has 9 nitrogen and oxygen atoms in total. The van der Waals surface area contributed by atoms with E-state index in [9.17, 15) is 14.7 Å². The predicted molar refractivity (Wildman–Crippen MR) is 130 cm³/mol. The largest absolute Gasteiger partial charge is 0.489 e. The summed E-state index contributed by atoms with van der Waals surface area (Å²) in [4.78, 5) is 31.5. The van der Waals surface area contributed by atoms with Crippen LogP contribution in [0.1, 0.15) is 16.1 Å². The van der Waals surface area contributed by atoms with Crippen molar-refractivity contribution in [3.05, 3.63) is 78.1 Å². The summed E-state index contributed by atoms with van der Waals surface area (Å²) >= 11 is 0. The standard InChI is InChI=1S/C27H23N3O6/c1-30-23-8-7-18(9-11-27(33)16-34-17-27)13-24(23)35-15-22(26(30)32)29-25(31)21-14-20(10-12-28-21)36-19-5-3-2-4-6-19/h2-8,10,12-14,22,33H,15-17H2,1H3,(H,29,31)/t22-/m0/s1. The molecular formula is C27H23N3O6. The van der Waals surface area contributed by atoms with Gasteiger partial charge in [0.2, 0.25) is 0 Å². The topological polar surface area (TPSA) is 110 Å². The molecule has 3 heterocycles. The van der Waals surface area contributed by atoms with Crippen LogP contribution in [0.5, 0.6) is 17.2 Å². The van der Waals surface area contributed by atoms with Gasteiger partial charge in [0.05, 0.1) is 18.9 Å². The minimum atomic E-state index is -1.13. The Morgan fingerprint density at radius 2 is 1.97 bits per heavy atom. The van der Waals surface area contributed by atoms with Gasteiger partial charge in [-0.15, -0.1) is 0 Å². The first kappa shape index (κ1) is 23.4. The van der Waals surface area contributed by atoms with Crippen molar-refractivity contribution in [1.29, 1.82) is 0 Å². The van der Waals surface area contributed by atoms with Crippen molar-refractivity contribution >= 4 is 17.5 Å². The molecular weight excluding hydrogens is 462 g/mol. The lowest BCUT2D eigenvalue weighted by molar-refractivity contribution is -0.140. The van der Waals surface area contributed by atoms with E-state index in [0.717, 1.165) is 0 Å². The third kappa shape index (κ3) is 5.00. The monoisotopic (exact) mass is 485 g/mol. The van der Waals surface area contributed by atoms with Crippen LogP contribution in [0.3, 0.4) is 0 Å². The average Bonchev–Trinajstić information content (AvgIpc) is 2.99. The number of carbonyl (C=O) groups excluding carboxylic acids is 2. The molecule has 2 aliphatic rings. The zero-order valence-corrected chi connectivity index (χ0v) is 19.4. The summed E-state index contributed by atoms with van der Waals surface area (Å²) in [6.45, 7) is 0.281. The molecule has 36 heavy (non-hydrogen) atoms. The summed E-state index contributed by atoms with van der Waals surface area (Å²) in [7, 11) is 1.61. The first-order chi connectivity index (χ1) is 17.4. The Hall–Kier alpha value is -4.39. The number of ether oxygens (including phenoxy) is 3. The third-order valence-corrected chi connectivity index (χ3v) is 5.72. The lowest BCUT2D eigenvalue weighted by Gasteiger charge is -2.30. The molecule has 0 unspecified atom stereocenters. The molecule has 1 atom stereocenters. The number of hydrogen-bond acceptors (Lipinski definition) is 7. The molecule has 0 saturated carbocycles. The number of hydrogen-bond donors (Lipinski definition) is 2. The number of aromatic nitrogens is 1. The molecule has 0 bridgehead atoms. The molecule has 1 aromatic heterocycles. The van der Waals surface area contributed by atoms with Gasteiger partial charge in [-0.05, 0) is 36.4 Å². The van der Waals surface area contributed by atoms with Gasteiger partial charge in [0.1, 0.15) is 35.6 Å². The van der Waals surface area contributed by atoms with E-state index in [2.05, 4.69) is 22.1 Å². The van der Waals surface area contributed by atoms with Gasteiger partial charge in [-0.25, -0.2) is 0 Å². The van der Waals surface area contributed by atoms with Crippen molar-refractivity contribution in [2.45, 2.75) is 11.6 Å². The van der Waals surface area contributed by atoms with E-state index in [4.69, 9.17) is 14.2 Å². The Kier molecular flexibility index (Phi) is 6.29. The van der Waals surface area contributed by atoms with Crippen molar-refractivity contribution < 1.29 is 28.9 Å². The minimum Gasteiger partial charge on any atom is -0.489 e. The number of nitrogens with zero attached hydrogens (tertiary/aromatic N) is 2. The van der Waals surface area contributed by atoms with E-state index >= 15 is 0 Å². The first-order valence-electron chi connectivity index (χ1n) is 11.3. The molecule has 9 heteroatoms. The van der Waals surface area contributed by atoms with E-state index < -0.39 is 17.6 Å². The maximum Gasteiger partial charge on any atom is 0.270 e. The summed E-state index contributed by atoms with van der Waals surface area (Å²) < 4.78 is 16.6. The van der Waals surface area contributed by atoms with Gasteiger partial charge in [-0.1, -0.05) is 30.0 Å². The quantitative estimate of drug-likeness (QED) is 0.545. The van der Waals surface area contributed by atoms with Crippen LogP contribution in [0, 0.1) is 11.8 Å². The summed E-state index contributed by atoms with van der Waals surface area (Å²) in [5.74, 6) is 6.37. The summed E-state index contributed by atoms with van der Waals surface area (Å²) in [5, 5.41) is 12.8. The predicted octanol–water partition coefficient (Wildman–Crippen LogP) is 2.14. The summed E-state index contributed by atoms with van der Waals surface area (Å²) in [6.07, 6.45) is 1.47. The van der Waals surface area contributed by atoms with Gasteiger partial charge in [-0.2, -0.15) is 0 Å². The zero-order chi connectivity index (χ0) is 25.1. The van der Waals surface area contributed by atoms with Crippen LogP contribution in [0.2, 0.25) is 0 Å². The molecule has 1 fully saturated rings. The van der Waals surface area contributed by atoms with Crippen molar-refractivity contribution in [2.24, 2.45) is 0 Å². The fourth-order valence-electron chi connectivity index (χ4n) is 3.70. The number of amides is 2. The van der Waals surface area contributed by atoms with Crippen LogP contribution in [0.4, 0.5) is 5.69 Å². The van der Waals surface area contributed by atoms with Gasteiger partial charge >= 0.3 is 0 Å². The van der Waals surface area contributed by atoms with Crippen LogP contribution >= 0.6 is 0 Å². The molecule has 3 aromatic rings. The first-order valence-corrected chi connectivity index (χ1v) is 11.3. The van der Waals surface area contributed by atoms with E-state index in [0.29, 0.717) is 28.5 Å². The number of carbonyl (C=O) groups is 2. The van der Waals surface area contributed by atoms with E-state index in [-0.39, 0.29) is 31.4 Å². The SMILES string of the molecule is CN1C(=O)[C@@H](NC(=O)c2cc(Oc3ccccc3)ccn2)COc2cc(C#CC3(O)COC3)ccc21. The van der Waals surface area contributed by atoms with Crippen molar-refractivity contribution in [1.82, 2.24) is 10.3 Å². The highest BCUT2D eigenvalue weighted by atomic mass is 16.5. The van der Waals surface area contributed by atoms with Crippen LogP contribution < -0.4 is 19.7 Å². The van der Waals surface area contributed by atoms with Crippen molar-refractivity contribution in [2.75, 3.05) is 31.8 Å². The Balaban J connectivity index is 1.28. The average molecular weight is 485 g/mol. The number of benzene rings is 2. The normalized spacial score (nSPS) is 17.9. The van der Waals surface area contributed by atoms with E-state index in [1.807, 2.05) is 18.2 Å².